The van der Waals surface area contributed by atoms with E-state index in [9.17, 15) is 0 Å². The lowest BCUT2D eigenvalue weighted by molar-refractivity contribution is 0.301. The van der Waals surface area contributed by atoms with E-state index in [1.54, 1.807) is 6.20 Å². The Labute approximate surface area is 167 Å². The van der Waals surface area contributed by atoms with Crippen molar-refractivity contribution in [3.05, 3.63) is 59.9 Å². The highest BCUT2D eigenvalue weighted by atomic mass is 127. The zero-order chi connectivity index (χ0) is 17.0. The Morgan fingerprint density at radius 3 is 2.72 bits per heavy atom. The number of guanidine groups is 1. The molecule has 136 valence electrons. The molecule has 1 aromatic carbocycles. The summed E-state index contributed by atoms with van der Waals surface area (Å²) in [7, 11) is 0. The fourth-order valence-corrected chi connectivity index (χ4v) is 2.13. The van der Waals surface area contributed by atoms with Crippen LogP contribution in [0.4, 0.5) is 0 Å². The van der Waals surface area contributed by atoms with Crippen molar-refractivity contribution in [2.75, 3.05) is 13.1 Å². The molecule has 0 fully saturated rings. The normalized spacial score (nSPS) is 10.7. The van der Waals surface area contributed by atoms with Gasteiger partial charge in [-0.05, 0) is 43.2 Å². The number of hydrogen-bond acceptors (Lipinski definition) is 3. The number of rotatable bonds is 8. The summed E-state index contributed by atoms with van der Waals surface area (Å²) in [6.45, 7) is 7.05. The predicted molar refractivity (Wildman–Crippen MR) is 114 cm³/mol. The van der Waals surface area contributed by atoms with Crippen LogP contribution in [0.1, 0.15) is 31.5 Å². The van der Waals surface area contributed by atoms with Crippen LogP contribution >= 0.6 is 24.0 Å². The summed E-state index contributed by atoms with van der Waals surface area (Å²) in [4.78, 5) is 8.87. The summed E-state index contributed by atoms with van der Waals surface area (Å²) < 4.78 is 5.81. The zero-order valence-corrected chi connectivity index (χ0v) is 17.2. The van der Waals surface area contributed by atoms with E-state index in [1.165, 1.54) is 0 Å². The van der Waals surface area contributed by atoms with Gasteiger partial charge in [0.15, 0.2) is 5.96 Å². The molecule has 0 aliphatic carbocycles. The first kappa shape index (κ1) is 21.2. The number of aliphatic imine (C=N–C) groups is 1. The molecule has 0 aliphatic heterocycles. The maximum atomic E-state index is 5.81. The second kappa shape index (κ2) is 12.5. The van der Waals surface area contributed by atoms with Crippen LogP contribution in [0.5, 0.6) is 5.75 Å². The lowest BCUT2D eigenvalue weighted by atomic mass is 10.2. The molecule has 25 heavy (non-hydrogen) atoms. The number of halogens is 1. The molecule has 2 rings (SSSR count). The summed E-state index contributed by atoms with van der Waals surface area (Å²) in [6.07, 6.45) is 2.84. The van der Waals surface area contributed by atoms with Crippen LogP contribution in [0.3, 0.4) is 0 Å². The molecule has 0 bridgehead atoms. The monoisotopic (exact) mass is 454 g/mol. The Balaban J connectivity index is 0.00000312. The predicted octanol–water partition coefficient (Wildman–Crippen LogP) is 3.74. The highest BCUT2D eigenvalue weighted by Gasteiger charge is 2.00. The standard InChI is InChI=1S/C19H26N4O.HI/c1-3-11-22-19(20-4-2)23-14-16-8-7-10-18(13-16)24-15-17-9-5-6-12-21-17;/h5-10,12-13H,3-4,11,14-15H2,1-2H3,(H2,20,22,23);1H. The summed E-state index contributed by atoms with van der Waals surface area (Å²) in [6, 6.07) is 13.8. The van der Waals surface area contributed by atoms with Crippen molar-refractivity contribution in [1.82, 2.24) is 15.6 Å². The van der Waals surface area contributed by atoms with Crippen LogP contribution in [-0.2, 0) is 13.2 Å². The quantitative estimate of drug-likeness (QED) is 0.363. The number of nitrogens with zero attached hydrogens (tertiary/aromatic N) is 2. The molecule has 0 atom stereocenters. The topological polar surface area (TPSA) is 58.5 Å². The number of nitrogens with one attached hydrogen (secondary N) is 2. The van der Waals surface area contributed by atoms with Gasteiger partial charge in [0.2, 0.25) is 0 Å². The molecule has 2 aromatic rings. The number of benzene rings is 1. The second-order valence-electron chi connectivity index (χ2n) is 5.38. The van der Waals surface area contributed by atoms with Crippen molar-refractivity contribution in [1.29, 1.82) is 0 Å². The summed E-state index contributed by atoms with van der Waals surface area (Å²) in [5.74, 6) is 1.68. The van der Waals surface area contributed by atoms with Crippen molar-refractivity contribution in [3.8, 4) is 5.75 Å². The lowest BCUT2D eigenvalue weighted by Gasteiger charge is -2.11. The average Bonchev–Trinajstić information content (AvgIpc) is 2.63. The number of ether oxygens (including phenoxy) is 1. The summed E-state index contributed by atoms with van der Waals surface area (Å²) in [5.41, 5.74) is 2.03. The molecule has 2 N–H and O–H groups in total. The van der Waals surface area contributed by atoms with Crippen LogP contribution in [0.2, 0.25) is 0 Å². The van der Waals surface area contributed by atoms with Crippen LogP contribution in [0.25, 0.3) is 0 Å². The first-order valence-electron chi connectivity index (χ1n) is 8.45. The Hall–Kier alpha value is -1.83. The zero-order valence-electron chi connectivity index (χ0n) is 14.9. The van der Waals surface area contributed by atoms with Gasteiger partial charge < -0.3 is 15.4 Å². The Kier molecular flexibility index (Phi) is 10.6. The summed E-state index contributed by atoms with van der Waals surface area (Å²) in [5, 5.41) is 6.55. The van der Waals surface area contributed by atoms with E-state index in [-0.39, 0.29) is 24.0 Å². The van der Waals surface area contributed by atoms with E-state index >= 15 is 0 Å². The van der Waals surface area contributed by atoms with Crippen molar-refractivity contribution in [3.63, 3.8) is 0 Å². The molecule has 0 radical (unpaired) electrons. The molecular weight excluding hydrogens is 427 g/mol. The van der Waals surface area contributed by atoms with Gasteiger partial charge in [0.05, 0.1) is 12.2 Å². The Bertz CT molecular complexity index is 634. The third-order valence-corrected chi connectivity index (χ3v) is 3.32. The molecule has 1 heterocycles. The van der Waals surface area contributed by atoms with Crippen LogP contribution < -0.4 is 15.4 Å². The molecule has 6 heteroatoms. The van der Waals surface area contributed by atoms with Gasteiger partial charge in [-0.2, -0.15) is 0 Å². The van der Waals surface area contributed by atoms with Crippen molar-refractivity contribution >= 4 is 29.9 Å². The number of pyridine rings is 1. The fraction of sp³-hybridized carbons (Fsp3) is 0.368. The minimum Gasteiger partial charge on any atom is -0.487 e. The Morgan fingerprint density at radius 2 is 2.00 bits per heavy atom. The van der Waals surface area contributed by atoms with Gasteiger partial charge in [0.1, 0.15) is 12.4 Å². The molecule has 0 amide bonds. The van der Waals surface area contributed by atoms with Gasteiger partial charge in [-0.15, -0.1) is 24.0 Å². The van der Waals surface area contributed by atoms with E-state index in [0.717, 1.165) is 42.5 Å². The van der Waals surface area contributed by atoms with Gasteiger partial charge in [0.25, 0.3) is 0 Å². The van der Waals surface area contributed by atoms with E-state index in [0.29, 0.717) is 13.2 Å². The maximum absolute atomic E-state index is 5.81. The van der Waals surface area contributed by atoms with Crippen molar-refractivity contribution in [2.45, 2.75) is 33.4 Å². The average molecular weight is 454 g/mol. The summed E-state index contributed by atoms with van der Waals surface area (Å²) >= 11 is 0. The highest BCUT2D eigenvalue weighted by Crippen LogP contribution is 2.15. The van der Waals surface area contributed by atoms with Gasteiger partial charge in [-0.25, -0.2) is 4.99 Å². The van der Waals surface area contributed by atoms with Crippen LogP contribution in [0.15, 0.2) is 53.7 Å². The molecule has 5 nitrogen and oxygen atoms in total. The fourth-order valence-electron chi connectivity index (χ4n) is 2.13. The third kappa shape index (κ3) is 8.20. The third-order valence-electron chi connectivity index (χ3n) is 3.32. The van der Waals surface area contributed by atoms with E-state index in [1.807, 2.05) is 36.4 Å². The van der Waals surface area contributed by atoms with Gasteiger partial charge >= 0.3 is 0 Å². The molecular formula is C19H27IN4O. The highest BCUT2D eigenvalue weighted by molar-refractivity contribution is 14.0. The van der Waals surface area contributed by atoms with E-state index < -0.39 is 0 Å². The first-order valence-corrected chi connectivity index (χ1v) is 8.45. The Morgan fingerprint density at radius 1 is 1.12 bits per heavy atom. The number of hydrogen-bond donors (Lipinski definition) is 2. The molecule has 0 spiro atoms. The lowest BCUT2D eigenvalue weighted by Crippen LogP contribution is -2.37. The number of aromatic nitrogens is 1. The van der Waals surface area contributed by atoms with Gasteiger partial charge in [-0.3, -0.25) is 4.98 Å². The van der Waals surface area contributed by atoms with Gasteiger partial charge in [0, 0.05) is 19.3 Å². The minimum absolute atomic E-state index is 0. The molecule has 0 saturated heterocycles. The molecule has 1 aromatic heterocycles. The largest absolute Gasteiger partial charge is 0.487 e. The molecule has 0 unspecified atom stereocenters. The minimum atomic E-state index is 0. The second-order valence-corrected chi connectivity index (χ2v) is 5.38. The first-order chi connectivity index (χ1) is 11.8. The molecule has 0 saturated carbocycles. The van der Waals surface area contributed by atoms with Crippen LogP contribution in [0, 0.1) is 0 Å². The van der Waals surface area contributed by atoms with E-state index in [4.69, 9.17) is 4.74 Å². The molecule has 0 aliphatic rings. The smallest absolute Gasteiger partial charge is 0.191 e. The van der Waals surface area contributed by atoms with Crippen molar-refractivity contribution in [2.24, 2.45) is 4.99 Å². The van der Waals surface area contributed by atoms with Gasteiger partial charge in [-0.1, -0.05) is 25.1 Å². The van der Waals surface area contributed by atoms with Crippen molar-refractivity contribution < 1.29 is 4.74 Å². The van der Waals surface area contributed by atoms with Crippen LogP contribution in [-0.4, -0.2) is 24.0 Å². The maximum Gasteiger partial charge on any atom is 0.191 e. The van der Waals surface area contributed by atoms with E-state index in [2.05, 4.69) is 40.5 Å². The SMILES string of the molecule is CCCNC(=NCc1cccc(OCc2ccccn2)c1)NCC.I.